The fourth-order valence-corrected chi connectivity index (χ4v) is 2.06. The molecule has 0 bridgehead atoms. The largest absolute Gasteiger partial charge is 0.303 e. The molecule has 0 amide bonds. The van der Waals surface area contributed by atoms with Crippen molar-refractivity contribution in [2.45, 2.75) is 19.5 Å². The SMILES string of the molecule is C[C@H](NCc1cnn(-c2ccccc2)n1)c1ccccn1. The van der Waals surface area contributed by atoms with E-state index in [2.05, 4.69) is 27.4 Å². The Morgan fingerprint density at radius 3 is 2.67 bits per heavy atom. The van der Waals surface area contributed by atoms with Gasteiger partial charge < -0.3 is 5.32 Å². The first-order valence-electron chi connectivity index (χ1n) is 6.94. The summed E-state index contributed by atoms with van der Waals surface area (Å²) in [5.74, 6) is 0. The van der Waals surface area contributed by atoms with Gasteiger partial charge in [-0.05, 0) is 31.2 Å². The third-order valence-electron chi connectivity index (χ3n) is 3.25. The third kappa shape index (κ3) is 3.32. The summed E-state index contributed by atoms with van der Waals surface area (Å²) in [7, 11) is 0. The van der Waals surface area contributed by atoms with Crippen molar-refractivity contribution in [1.82, 2.24) is 25.3 Å². The van der Waals surface area contributed by atoms with Gasteiger partial charge in [0.2, 0.25) is 0 Å². The summed E-state index contributed by atoms with van der Waals surface area (Å²) >= 11 is 0. The highest BCUT2D eigenvalue weighted by atomic mass is 15.5. The van der Waals surface area contributed by atoms with Crippen LogP contribution in [0.2, 0.25) is 0 Å². The van der Waals surface area contributed by atoms with Crippen LogP contribution in [-0.4, -0.2) is 20.0 Å². The van der Waals surface area contributed by atoms with Gasteiger partial charge in [-0.25, -0.2) is 0 Å². The van der Waals surface area contributed by atoms with Crippen molar-refractivity contribution in [3.63, 3.8) is 0 Å². The number of hydrogen-bond acceptors (Lipinski definition) is 4. The summed E-state index contributed by atoms with van der Waals surface area (Å²) in [6, 6.07) is 16.0. The van der Waals surface area contributed by atoms with Crippen LogP contribution < -0.4 is 5.32 Å². The monoisotopic (exact) mass is 279 g/mol. The van der Waals surface area contributed by atoms with Gasteiger partial charge in [-0.1, -0.05) is 24.3 Å². The van der Waals surface area contributed by atoms with E-state index < -0.39 is 0 Å². The van der Waals surface area contributed by atoms with Gasteiger partial charge in [0.15, 0.2) is 0 Å². The fraction of sp³-hybridized carbons (Fsp3) is 0.188. The number of rotatable bonds is 5. The van der Waals surface area contributed by atoms with Gasteiger partial charge >= 0.3 is 0 Å². The molecule has 1 atom stereocenters. The number of nitrogens with one attached hydrogen (secondary N) is 1. The zero-order valence-electron chi connectivity index (χ0n) is 11.8. The summed E-state index contributed by atoms with van der Waals surface area (Å²) in [5.41, 5.74) is 2.89. The van der Waals surface area contributed by atoms with Gasteiger partial charge in [0.25, 0.3) is 0 Å². The van der Waals surface area contributed by atoms with Crippen LogP contribution in [0.25, 0.3) is 5.69 Å². The Morgan fingerprint density at radius 2 is 1.90 bits per heavy atom. The minimum atomic E-state index is 0.174. The van der Waals surface area contributed by atoms with Crippen LogP contribution in [0.1, 0.15) is 24.4 Å². The standard InChI is InChI=1S/C16H17N5/c1-13(16-9-5-6-10-17-16)18-11-14-12-19-21(20-14)15-7-3-2-4-8-15/h2-10,12-13,18H,11H2,1H3/t13-/m0/s1. The van der Waals surface area contributed by atoms with Crippen LogP contribution in [0.3, 0.4) is 0 Å². The minimum Gasteiger partial charge on any atom is -0.303 e. The minimum absolute atomic E-state index is 0.174. The van der Waals surface area contributed by atoms with Crippen LogP contribution in [0.15, 0.2) is 60.9 Å². The van der Waals surface area contributed by atoms with Crippen LogP contribution in [0.5, 0.6) is 0 Å². The van der Waals surface area contributed by atoms with E-state index in [1.807, 2.05) is 48.5 Å². The van der Waals surface area contributed by atoms with Crippen molar-refractivity contribution in [1.29, 1.82) is 0 Å². The number of pyridine rings is 1. The van der Waals surface area contributed by atoms with Crippen LogP contribution >= 0.6 is 0 Å². The smallest absolute Gasteiger partial charge is 0.0969 e. The topological polar surface area (TPSA) is 55.6 Å². The molecule has 0 radical (unpaired) electrons. The van der Waals surface area contributed by atoms with Gasteiger partial charge in [-0.3, -0.25) is 4.98 Å². The summed E-state index contributed by atoms with van der Waals surface area (Å²) < 4.78 is 0. The van der Waals surface area contributed by atoms with Crippen molar-refractivity contribution >= 4 is 0 Å². The van der Waals surface area contributed by atoms with Crippen LogP contribution in [0, 0.1) is 0 Å². The zero-order valence-corrected chi connectivity index (χ0v) is 11.8. The van der Waals surface area contributed by atoms with Gasteiger partial charge in [0.1, 0.15) is 0 Å². The molecule has 1 aromatic carbocycles. The molecule has 3 aromatic rings. The van der Waals surface area contributed by atoms with E-state index in [1.54, 1.807) is 17.2 Å². The molecular formula is C16H17N5. The number of nitrogens with zero attached hydrogens (tertiary/aromatic N) is 4. The van der Waals surface area contributed by atoms with Crippen molar-refractivity contribution in [3.8, 4) is 5.69 Å². The lowest BCUT2D eigenvalue weighted by molar-refractivity contribution is 0.552. The van der Waals surface area contributed by atoms with Crippen LogP contribution in [-0.2, 0) is 6.54 Å². The number of hydrogen-bond donors (Lipinski definition) is 1. The molecule has 0 aliphatic heterocycles. The molecule has 0 unspecified atom stereocenters. The van der Waals surface area contributed by atoms with Gasteiger partial charge in [-0.15, -0.1) is 0 Å². The van der Waals surface area contributed by atoms with E-state index in [0.29, 0.717) is 6.54 Å². The maximum absolute atomic E-state index is 4.47. The molecule has 5 heteroatoms. The molecular weight excluding hydrogens is 262 g/mol. The fourth-order valence-electron chi connectivity index (χ4n) is 2.06. The lowest BCUT2D eigenvalue weighted by Crippen LogP contribution is -2.19. The molecule has 0 spiro atoms. The Balaban J connectivity index is 1.63. The van der Waals surface area contributed by atoms with E-state index in [1.165, 1.54) is 0 Å². The molecule has 2 heterocycles. The average Bonchev–Trinajstić information content (AvgIpc) is 3.03. The maximum atomic E-state index is 4.47. The highest BCUT2D eigenvalue weighted by molar-refractivity contribution is 5.28. The van der Waals surface area contributed by atoms with Crippen LogP contribution in [0.4, 0.5) is 0 Å². The number of aromatic nitrogens is 4. The third-order valence-corrected chi connectivity index (χ3v) is 3.25. The normalized spacial score (nSPS) is 12.2. The summed E-state index contributed by atoms with van der Waals surface area (Å²) in [6.07, 6.45) is 3.59. The quantitative estimate of drug-likeness (QED) is 0.779. The molecule has 0 saturated carbocycles. The molecule has 0 aliphatic carbocycles. The maximum Gasteiger partial charge on any atom is 0.0969 e. The number of benzene rings is 1. The van der Waals surface area contributed by atoms with Crippen molar-refractivity contribution in [2.75, 3.05) is 0 Å². The van der Waals surface area contributed by atoms with E-state index in [4.69, 9.17) is 0 Å². The van der Waals surface area contributed by atoms with Crippen molar-refractivity contribution in [3.05, 3.63) is 72.3 Å². The van der Waals surface area contributed by atoms with E-state index in [0.717, 1.165) is 17.1 Å². The number of para-hydroxylation sites is 1. The van der Waals surface area contributed by atoms with Crippen molar-refractivity contribution in [2.24, 2.45) is 0 Å². The Kier molecular flexibility index (Phi) is 4.02. The van der Waals surface area contributed by atoms with Crippen molar-refractivity contribution < 1.29 is 0 Å². The first-order valence-corrected chi connectivity index (χ1v) is 6.94. The molecule has 5 nitrogen and oxygen atoms in total. The Hall–Kier alpha value is -2.53. The predicted molar refractivity (Wildman–Crippen MR) is 80.9 cm³/mol. The van der Waals surface area contributed by atoms with Gasteiger partial charge in [0, 0.05) is 18.8 Å². The molecule has 0 aliphatic rings. The Labute approximate surface area is 123 Å². The van der Waals surface area contributed by atoms with E-state index in [-0.39, 0.29) is 6.04 Å². The summed E-state index contributed by atoms with van der Waals surface area (Å²) in [5, 5.41) is 12.2. The molecule has 0 fully saturated rings. The van der Waals surface area contributed by atoms with Gasteiger partial charge in [-0.2, -0.15) is 15.0 Å². The molecule has 1 N–H and O–H groups in total. The first-order chi connectivity index (χ1) is 10.3. The molecule has 2 aromatic heterocycles. The second-order valence-corrected chi connectivity index (χ2v) is 4.82. The molecule has 3 rings (SSSR count). The predicted octanol–water partition coefficient (Wildman–Crippen LogP) is 2.51. The van der Waals surface area contributed by atoms with Gasteiger partial charge in [0.05, 0.1) is 23.3 Å². The lowest BCUT2D eigenvalue weighted by Gasteiger charge is -2.11. The molecule has 106 valence electrons. The summed E-state index contributed by atoms with van der Waals surface area (Å²) in [6.45, 7) is 2.74. The van der Waals surface area contributed by atoms with E-state index in [9.17, 15) is 0 Å². The Morgan fingerprint density at radius 1 is 1.10 bits per heavy atom. The molecule has 0 saturated heterocycles. The average molecular weight is 279 g/mol. The first kappa shape index (κ1) is 13.5. The highest BCUT2D eigenvalue weighted by Crippen LogP contribution is 2.09. The highest BCUT2D eigenvalue weighted by Gasteiger charge is 2.07. The zero-order chi connectivity index (χ0) is 14.5. The Bertz CT molecular complexity index is 678. The lowest BCUT2D eigenvalue weighted by atomic mass is 10.2. The summed E-state index contributed by atoms with van der Waals surface area (Å²) in [4.78, 5) is 5.98. The van der Waals surface area contributed by atoms with E-state index >= 15 is 0 Å². The second-order valence-electron chi connectivity index (χ2n) is 4.82. The molecule has 21 heavy (non-hydrogen) atoms. The second kappa shape index (κ2) is 6.28.